The van der Waals surface area contributed by atoms with Crippen LogP contribution in [0.1, 0.15) is 43.7 Å². The summed E-state index contributed by atoms with van der Waals surface area (Å²) in [5, 5.41) is 4.22. The largest absolute Gasteiger partial charge is 0.341 e. The fourth-order valence-electron chi connectivity index (χ4n) is 3.93. The summed E-state index contributed by atoms with van der Waals surface area (Å²) in [5.74, 6) is 1.26. The van der Waals surface area contributed by atoms with Crippen molar-refractivity contribution in [3.05, 3.63) is 42.1 Å². The molecule has 142 valence electrons. The SMILES string of the molecule is CCCc1nc2cccnc2n1C1CCN(C(=O)Cn2nccc2C)CC1. The highest BCUT2D eigenvalue weighted by Gasteiger charge is 2.27. The van der Waals surface area contributed by atoms with E-state index in [4.69, 9.17) is 4.98 Å². The summed E-state index contributed by atoms with van der Waals surface area (Å²) in [6, 6.07) is 6.24. The lowest BCUT2D eigenvalue weighted by Gasteiger charge is -2.33. The number of fused-ring (bicyclic) bond motifs is 1. The predicted octanol–water partition coefficient (Wildman–Crippen LogP) is 2.75. The van der Waals surface area contributed by atoms with E-state index in [1.807, 2.05) is 36.2 Å². The average Bonchev–Trinajstić information content (AvgIpc) is 3.25. The van der Waals surface area contributed by atoms with E-state index >= 15 is 0 Å². The average molecular weight is 366 g/mol. The lowest BCUT2D eigenvalue weighted by Crippen LogP contribution is -2.41. The third-order valence-corrected chi connectivity index (χ3v) is 5.39. The Morgan fingerprint density at radius 3 is 2.74 bits per heavy atom. The maximum atomic E-state index is 12.6. The van der Waals surface area contributed by atoms with Gasteiger partial charge in [-0.3, -0.25) is 9.48 Å². The van der Waals surface area contributed by atoms with E-state index < -0.39 is 0 Å². The van der Waals surface area contributed by atoms with Gasteiger partial charge in [0.1, 0.15) is 17.9 Å². The van der Waals surface area contributed by atoms with Crippen molar-refractivity contribution >= 4 is 17.1 Å². The Hall–Kier alpha value is -2.70. The number of aromatic nitrogens is 5. The van der Waals surface area contributed by atoms with E-state index in [2.05, 4.69) is 21.6 Å². The molecule has 0 unspecified atom stereocenters. The van der Waals surface area contributed by atoms with E-state index in [-0.39, 0.29) is 5.91 Å². The summed E-state index contributed by atoms with van der Waals surface area (Å²) in [6.45, 7) is 6.00. The summed E-state index contributed by atoms with van der Waals surface area (Å²) in [7, 11) is 0. The Morgan fingerprint density at radius 1 is 1.22 bits per heavy atom. The van der Waals surface area contributed by atoms with Crippen LogP contribution in [-0.4, -0.2) is 48.2 Å². The highest BCUT2D eigenvalue weighted by Crippen LogP contribution is 2.28. The number of likely N-dealkylation sites (tertiary alicyclic amines) is 1. The molecule has 0 spiro atoms. The number of amides is 1. The maximum Gasteiger partial charge on any atom is 0.244 e. The minimum Gasteiger partial charge on any atom is -0.341 e. The second-order valence-corrected chi connectivity index (χ2v) is 7.24. The number of aryl methyl sites for hydroxylation is 2. The number of imidazole rings is 1. The normalized spacial score (nSPS) is 15.6. The van der Waals surface area contributed by atoms with Gasteiger partial charge in [0.15, 0.2) is 5.65 Å². The predicted molar refractivity (Wildman–Crippen MR) is 103 cm³/mol. The van der Waals surface area contributed by atoms with Crippen molar-refractivity contribution in [1.29, 1.82) is 0 Å². The highest BCUT2D eigenvalue weighted by atomic mass is 16.2. The number of nitrogens with zero attached hydrogens (tertiary/aromatic N) is 6. The van der Waals surface area contributed by atoms with Crippen LogP contribution in [0.2, 0.25) is 0 Å². The number of rotatable bonds is 5. The zero-order valence-corrected chi connectivity index (χ0v) is 16.0. The van der Waals surface area contributed by atoms with Crippen molar-refractivity contribution in [2.45, 2.75) is 52.1 Å². The molecule has 0 atom stereocenters. The molecule has 3 aromatic rings. The van der Waals surface area contributed by atoms with Crippen molar-refractivity contribution in [2.24, 2.45) is 0 Å². The molecule has 0 N–H and O–H groups in total. The van der Waals surface area contributed by atoms with E-state index in [9.17, 15) is 4.79 Å². The van der Waals surface area contributed by atoms with Crippen molar-refractivity contribution in [1.82, 2.24) is 29.2 Å². The number of hydrogen-bond donors (Lipinski definition) is 0. The monoisotopic (exact) mass is 366 g/mol. The third kappa shape index (κ3) is 3.46. The van der Waals surface area contributed by atoms with Gasteiger partial charge >= 0.3 is 0 Å². The molecule has 1 fully saturated rings. The second-order valence-electron chi connectivity index (χ2n) is 7.24. The molecule has 4 rings (SSSR count). The number of carbonyl (C=O) groups excluding carboxylic acids is 1. The van der Waals surface area contributed by atoms with Crippen molar-refractivity contribution < 1.29 is 4.79 Å². The smallest absolute Gasteiger partial charge is 0.244 e. The molecule has 3 aromatic heterocycles. The van der Waals surface area contributed by atoms with E-state index in [1.54, 1.807) is 10.9 Å². The van der Waals surface area contributed by atoms with Crippen LogP contribution in [0, 0.1) is 6.92 Å². The van der Waals surface area contributed by atoms with Crippen LogP contribution in [0.15, 0.2) is 30.6 Å². The van der Waals surface area contributed by atoms with E-state index in [0.29, 0.717) is 12.6 Å². The van der Waals surface area contributed by atoms with Crippen molar-refractivity contribution in [3.63, 3.8) is 0 Å². The first-order valence-corrected chi connectivity index (χ1v) is 9.75. The molecule has 0 aromatic carbocycles. The minimum absolute atomic E-state index is 0.141. The molecule has 27 heavy (non-hydrogen) atoms. The van der Waals surface area contributed by atoms with Gasteiger partial charge in [-0.1, -0.05) is 6.92 Å². The van der Waals surface area contributed by atoms with Crippen LogP contribution in [0.3, 0.4) is 0 Å². The van der Waals surface area contributed by atoms with Gasteiger partial charge in [-0.05, 0) is 44.4 Å². The number of hydrogen-bond acceptors (Lipinski definition) is 4. The van der Waals surface area contributed by atoms with Crippen LogP contribution in [0.5, 0.6) is 0 Å². The molecule has 0 aliphatic carbocycles. The molecule has 0 radical (unpaired) electrons. The first-order valence-electron chi connectivity index (χ1n) is 9.75. The van der Waals surface area contributed by atoms with Gasteiger partial charge in [0.2, 0.25) is 5.91 Å². The molecule has 1 aliphatic rings. The summed E-state index contributed by atoms with van der Waals surface area (Å²) in [5.41, 5.74) is 2.95. The lowest BCUT2D eigenvalue weighted by atomic mass is 10.0. The Balaban J connectivity index is 1.48. The molecule has 7 heteroatoms. The van der Waals surface area contributed by atoms with Crippen LogP contribution in [-0.2, 0) is 17.8 Å². The summed E-state index contributed by atoms with van der Waals surface area (Å²) >= 11 is 0. The molecule has 1 aliphatic heterocycles. The Kier molecular flexibility index (Phi) is 4.92. The summed E-state index contributed by atoms with van der Waals surface area (Å²) in [6.07, 6.45) is 7.45. The highest BCUT2D eigenvalue weighted by molar-refractivity contribution is 5.76. The van der Waals surface area contributed by atoms with Gasteiger partial charge in [-0.25, -0.2) is 9.97 Å². The van der Waals surface area contributed by atoms with Gasteiger partial charge in [-0.2, -0.15) is 5.10 Å². The molecule has 0 bridgehead atoms. The van der Waals surface area contributed by atoms with Crippen LogP contribution < -0.4 is 0 Å². The molecular weight excluding hydrogens is 340 g/mol. The van der Waals surface area contributed by atoms with Crippen LogP contribution >= 0.6 is 0 Å². The third-order valence-electron chi connectivity index (χ3n) is 5.39. The second kappa shape index (κ2) is 7.50. The van der Waals surface area contributed by atoms with Crippen LogP contribution in [0.4, 0.5) is 0 Å². The van der Waals surface area contributed by atoms with Gasteiger partial charge < -0.3 is 9.47 Å². The first-order chi connectivity index (χ1) is 13.2. The van der Waals surface area contributed by atoms with Crippen molar-refractivity contribution in [3.8, 4) is 0 Å². The first kappa shape index (κ1) is 17.7. The van der Waals surface area contributed by atoms with Gasteiger partial charge in [-0.15, -0.1) is 0 Å². The van der Waals surface area contributed by atoms with Gasteiger partial charge in [0.25, 0.3) is 0 Å². The zero-order chi connectivity index (χ0) is 18.8. The Morgan fingerprint density at radius 2 is 2.04 bits per heavy atom. The molecular formula is C20H26N6O. The van der Waals surface area contributed by atoms with E-state index in [0.717, 1.165) is 61.5 Å². The van der Waals surface area contributed by atoms with Gasteiger partial charge in [0, 0.05) is 43.6 Å². The van der Waals surface area contributed by atoms with E-state index in [1.165, 1.54) is 0 Å². The molecule has 7 nitrogen and oxygen atoms in total. The number of piperidine rings is 1. The van der Waals surface area contributed by atoms with Gasteiger partial charge in [0.05, 0.1) is 0 Å². The molecule has 1 saturated heterocycles. The molecule has 4 heterocycles. The molecule has 0 saturated carbocycles. The topological polar surface area (TPSA) is 68.8 Å². The fraction of sp³-hybridized carbons (Fsp3) is 0.500. The number of pyridine rings is 1. The van der Waals surface area contributed by atoms with Crippen molar-refractivity contribution in [2.75, 3.05) is 13.1 Å². The summed E-state index contributed by atoms with van der Waals surface area (Å²) in [4.78, 5) is 24.0. The number of carbonyl (C=O) groups is 1. The standard InChI is InChI=1S/C20H26N6O/c1-3-5-18-23-17-6-4-10-21-20(17)26(18)16-8-12-24(13-9-16)19(27)14-25-15(2)7-11-22-25/h4,6-7,10-11,16H,3,5,8-9,12-14H2,1-2H3. The van der Waals surface area contributed by atoms with Crippen LogP contribution in [0.25, 0.3) is 11.2 Å². The zero-order valence-electron chi connectivity index (χ0n) is 16.0. The Bertz CT molecular complexity index is 935. The lowest BCUT2D eigenvalue weighted by molar-refractivity contribution is -0.133. The minimum atomic E-state index is 0.141. The quantitative estimate of drug-likeness (QED) is 0.696. The molecule has 1 amide bonds. The maximum absolute atomic E-state index is 12.6. The fourth-order valence-corrected chi connectivity index (χ4v) is 3.93. The summed E-state index contributed by atoms with van der Waals surface area (Å²) < 4.78 is 4.08. The Labute approximate surface area is 159 Å².